The zero-order valence-electron chi connectivity index (χ0n) is 11.5. The Morgan fingerprint density at radius 3 is 2.68 bits per heavy atom. The van der Waals surface area contributed by atoms with Crippen molar-refractivity contribution in [1.29, 1.82) is 0 Å². The van der Waals surface area contributed by atoms with Crippen LogP contribution in [0.5, 0.6) is 0 Å². The van der Waals surface area contributed by atoms with E-state index in [4.69, 9.17) is 0 Å². The summed E-state index contributed by atoms with van der Waals surface area (Å²) < 4.78 is 0. The molecule has 2 N–H and O–H groups in total. The minimum absolute atomic E-state index is 0.00790. The van der Waals surface area contributed by atoms with Gasteiger partial charge in [0.1, 0.15) is 0 Å². The molecule has 0 saturated carbocycles. The second kappa shape index (κ2) is 6.98. The van der Waals surface area contributed by atoms with Crippen LogP contribution in [0.25, 0.3) is 0 Å². The second-order valence-corrected chi connectivity index (χ2v) is 4.97. The lowest BCUT2D eigenvalue weighted by molar-refractivity contribution is 0.0956. The maximum atomic E-state index is 11.6. The summed E-state index contributed by atoms with van der Waals surface area (Å²) in [5, 5.41) is 6.24. The van der Waals surface area contributed by atoms with Crippen molar-refractivity contribution in [3.63, 3.8) is 0 Å². The smallest absolute Gasteiger partial charge is 0.251 e. The molecule has 3 nitrogen and oxygen atoms in total. The highest BCUT2D eigenvalue weighted by molar-refractivity contribution is 5.94. The van der Waals surface area contributed by atoms with Crippen LogP contribution >= 0.6 is 0 Å². The number of carbonyl (C=O) groups is 1. The Hall–Kier alpha value is -1.77. The molecule has 1 unspecified atom stereocenters. The van der Waals surface area contributed by atoms with Crippen LogP contribution in [0.3, 0.4) is 0 Å². The van der Waals surface area contributed by atoms with Gasteiger partial charge in [-0.25, -0.2) is 0 Å². The van der Waals surface area contributed by atoms with Gasteiger partial charge in [-0.2, -0.15) is 0 Å². The van der Waals surface area contributed by atoms with Crippen molar-refractivity contribution in [3.8, 4) is 0 Å². The van der Waals surface area contributed by atoms with Gasteiger partial charge in [-0.05, 0) is 56.4 Å². The van der Waals surface area contributed by atoms with Crippen LogP contribution in [0.15, 0.2) is 36.4 Å². The van der Waals surface area contributed by atoms with Crippen LogP contribution < -0.4 is 10.6 Å². The number of hydrogen-bond acceptors (Lipinski definition) is 2. The Bertz CT molecular complexity index is 437. The second-order valence-electron chi connectivity index (χ2n) is 4.97. The summed E-state index contributed by atoms with van der Waals surface area (Å²) in [6.07, 6.45) is 8.17. The Morgan fingerprint density at radius 2 is 2.05 bits per heavy atom. The van der Waals surface area contributed by atoms with Gasteiger partial charge in [-0.3, -0.25) is 4.79 Å². The molecule has 1 aliphatic rings. The van der Waals surface area contributed by atoms with Gasteiger partial charge in [0.05, 0.1) is 0 Å². The third-order valence-corrected chi connectivity index (χ3v) is 3.46. The molecule has 0 radical (unpaired) electrons. The Balaban J connectivity index is 1.84. The zero-order chi connectivity index (χ0) is 13.5. The van der Waals surface area contributed by atoms with E-state index in [1.807, 2.05) is 31.2 Å². The largest absolute Gasteiger partial charge is 0.385 e. The van der Waals surface area contributed by atoms with Crippen LogP contribution in [-0.4, -0.2) is 19.0 Å². The Labute approximate surface area is 115 Å². The predicted molar refractivity (Wildman–Crippen MR) is 79.4 cm³/mol. The first-order valence-corrected chi connectivity index (χ1v) is 7.06. The fourth-order valence-electron chi connectivity index (χ4n) is 2.31. The van der Waals surface area contributed by atoms with Gasteiger partial charge >= 0.3 is 0 Å². The topological polar surface area (TPSA) is 41.1 Å². The Kier molecular flexibility index (Phi) is 5.01. The molecule has 0 fully saturated rings. The van der Waals surface area contributed by atoms with Crippen molar-refractivity contribution < 1.29 is 4.79 Å². The quantitative estimate of drug-likeness (QED) is 0.796. The summed E-state index contributed by atoms with van der Waals surface area (Å²) >= 11 is 0. The van der Waals surface area contributed by atoms with E-state index in [1.54, 1.807) is 0 Å². The maximum Gasteiger partial charge on any atom is 0.251 e. The van der Waals surface area contributed by atoms with Crippen molar-refractivity contribution in [2.24, 2.45) is 5.92 Å². The van der Waals surface area contributed by atoms with E-state index in [9.17, 15) is 4.79 Å². The number of rotatable bonds is 5. The summed E-state index contributed by atoms with van der Waals surface area (Å²) in [7, 11) is 0. The van der Waals surface area contributed by atoms with Crippen LogP contribution in [0.1, 0.15) is 36.5 Å². The van der Waals surface area contributed by atoms with Crippen molar-refractivity contribution in [2.45, 2.75) is 26.2 Å². The molecule has 1 aromatic rings. The summed E-state index contributed by atoms with van der Waals surface area (Å²) in [4.78, 5) is 11.6. The monoisotopic (exact) mass is 258 g/mol. The maximum absolute atomic E-state index is 11.6. The van der Waals surface area contributed by atoms with Crippen LogP contribution in [0.4, 0.5) is 5.69 Å². The van der Waals surface area contributed by atoms with Crippen LogP contribution in [0, 0.1) is 5.92 Å². The van der Waals surface area contributed by atoms with Crippen molar-refractivity contribution in [2.75, 3.05) is 18.4 Å². The first kappa shape index (κ1) is 13.7. The first-order chi connectivity index (χ1) is 9.29. The highest BCUT2D eigenvalue weighted by Gasteiger charge is 2.09. The normalized spacial score (nSPS) is 18.1. The van der Waals surface area contributed by atoms with Gasteiger partial charge in [0.25, 0.3) is 5.91 Å². The van der Waals surface area contributed by atoms with Gasteiger partial charge < -0.3 is 10.6 Å². The minimum atomic E-state index is -0.00790. The first-order valence-electron chi connectivity index (χ1n) is 7.06. The van der Waals surface area contributed by atoms with Gasteiger partial charge in [-0.15, -0.1) is 0 Å². The number of benzene rings is 1. The highest BCUT2D eigenvalue weighted by Crippen LogP contribution is 2.19. The molecule has 3 heteroatoms. The zero-order valence-corrected chi connectivity index (χ0v) is 11.5. The molecule has 0 aromatic heterocycles. The number of anilines is 1. The van der Waals surface area contributed by atoms with E-state index >= 15 is 0 Å². The molecule has 1 amide bonds. The van der Waals surface area contributed by atoms with Crippen molar-refractivity contribution in [1.82, 2.24) is 5.32 Å². The van der Waals surface area contributed by atoms with Gasteiger partial charge in [0.2, 0.25) is 0 Å². The molecule has 2 rings (SSSR count). The third-order valence-electron chi connectivity index (χ3n) is 3.46. The molecule has 0 heterocycles. The molecule has 19 heavy (non-hydrogen) atoms. The molecule has 1 aromatic carbocycles. The van der Waals surface area contributed by atoms with Crippen molar-refractivity contribution >= 4 is 11.6 Å². The standard InChI is InChI=1S/C16H22N2O/c1-2-17-16(19)14-8-10-15(11-9-14)18-12-13-6-4-3-5-7-13/h3-4,8-11,13,18H,2,5-7,12H2,1H3,(H,17,19). The molecule has 1 atom stereocenters. The molecule has 0 aliphatic heterocycles. The van der Waals surface area contributed by atoms with Gasteiger partial charge in [-0.1, -0.05) is 12.2 Å². The van der Waals surface area contributed by atoms with Crippen molar-refractivity contribution in [3.05, 3.63) is 42.0 Å². The average molecular weight is 258 g/mol. The summed E-state index contributed by atoms with van der Waals surface area (Å²) in [6.45, 7) is 3.59. The molecular weight excluding hydrogens is 236 g/mol. The average Bonchev–Trinajstić information content (AvgIpc) is 2.47. The predicted octanol–water partition coefficient (Wildman–Crippen LogP) is 3.20. The number of nitrogens with one attached hydrogen (secondary N) is 2. The number of allylic oxidation sites excluding steroid dienone is 2. The summed E-state index contributed by atoms with van der Waals surface area (Å²) in [5.74, 6) is 0.722. The molecule has 0 bridgehead atoms. The highest BCUT2D eigenvalue weighted by atomic mass is 16.1. The van der Waals surface area contributed by atoms with E-state index < -0.39 is 0 Å². The molecule has 102 valence electrons. The third kappa shape index (κ3) is 4.12. The lowest BCUT2D eigenvalue weighted by atomic mass is 9.94. The molecular formula is C16H22N2O. The van der Waals surface area contributed by atoms with Gasteiger partial charge in [0.15, 0.2) is 0 Å². The van der Waals surface area contributed by atoms with Crippen LogP contribution in [-0.2, 0) is 0 Å². The van der Waals surface area contributed by atoms with E-state index in [-0.39, 0.29) is 5.91 Å². The van der Waals surface area contributed by atoms with E-state index in [0.29, 0.717) is 12.1 Å². The lowest BCUT2D eigenvalue weighted by Gasteiger charge is -2.18. The lowest BCUT2D eigenvalue weighted by Crippen LogP contribution is -2.22. The van der Waals surface area contributed by atoms with Gasteiger partial charge in [0, 0.05) is 24.3 Å². The summed E-state index contributed by atoms with van der Waals surface area (Å²) in [6, 6.07) is 7.69. The number of amides is 1. The van der Waals surface area contributed by atoms with Crippen LogP contribution in [0.2, 0.25) is 0 Å². The number of hydrogen-bond donors (Lipinski definition) is 2. The minimum Gasteiger partial charge on any atom is -0.385 e. The van der Waals surface area contributed by atoms with E-state index in [0.717, 1.165) is 18.2 Å². The van der Waals surface area contributed by atoms with E-state index in [2.05, 4.69) is 22.8 Å². The molecule has 0 spiro atoms. The number of carbonyl (C=O) groups excluding carboxylic acids is 1. The fraction of sp³-hybridized carbons (Fsp3) is 0.438. The Morgan fingerprint density at radius 1 is 1.26 bits per heavy atom. The fourth-order valence-corrected chi connectivity index (χ4v) is 2.31. The van der Waals surface area contributed by atoms with E-state index in [1.165, 1.54) is 19.3 Å². The molecule has 1 aliphatic carbocycles. The molecule has 0 saturated heterocycles. The summed E-state index contributed by atoms with van der Waals surface area (Å²) in [5.41, 5.74) is 1.80. The SMILES string of the molecule is CCNC(=O)c1ccc(NCC2CC=CCC2)cc1.